The van der Waals surface area contributed by atoms with Crippen molar-refractivity contribution in [3.8, 4) is 5.75 Å². The molecule has 5 nitrogen and oxygen atoms in total. The van der Waals surface area contributed by atoms with Crippen molar-refractivity contribution >= 4 is 11.9 Å². The molecule has 0 spiro atoms. The number of amides is 1. The number of aryl methyl sites for hydroxylation is 1. The number of nitrogens with one attached hydrogen (secondary N) is 1. The van der Waals surface area contributed by atoms with Crippen LogP contribution >= 0.6 is 0 Å². The molecule has 0 saturated heterocycles. The van der Waals surface area contributed by atoms with Gasteiger partial charge in [0.15, 0.2) is 0 Å². The average Bonchev–Trinajstić information content (AvgIpc) is 2.42. The van der Waals surface area contributed by atoms with Crippen LogP contribution in [0.2, 0.25) is 0 Å². The van der Waals surface area contributed by atoms with E-state index in [1.807, 2.05) is 31.2 Å². The third kappa shape index (κ3) is 5.30. The number of hydrogen-bond donors (Lipinski definition) is 2. The van der Waals surface area contributed by atoms with Gasteiger partial charge in [0.2, 0.25) is 5.91 Å². The molecule has 110 valence electrons. The minimum absolute atomic E-state index is 0.257. The third-order valence-corrected chi connectivity index (χ3v) is 2.94. The van der Waals surface area contributed by atoms with Gasteiger partial charge in [0, 0.05) is 6.42 Å². The predicted octanol–water partition coefficient (Wildman–Crippen LogP) is 2.13. The summed E-state index contributed by atoms with van der Waals surface area (Å²) in [6, 6.07) is 6.87. The third-order valence-electron chi connectivity index (χ3n) is 2.94. The molecule has 1 unspecified atom stereocenters. The number of carboxylic acid groups (broad SMARTS) is 1. The second kappa shape index (κ2) is 8.19. The van der Waals surface area contributed by atoms with Gasteiger partial charge in [0.25, 0.3) is 0 Å². The Morgan fingerprint density at radius 1 is 1.35 bits per heavy atom. The minimum Gasteiger partial charge on any atom is -0.493 e. The fourth-order valence-electron chi connectivity index (χ4n) is 1.74. The van der Waals surface area contributed by atoms with Crippen LogP contribution in [0.3, 0.4) is 0 Å². The Hall–Kier alpha value is -2.04. The number of carbonyl (C=O) groups is 2. The van der Waals surface area contributed by atoms with Crippen molar-refractivity contribution in [3.05, 3.63) is 29.8 Å². The van der Waals surface area contributed by atoms with Crippen molar-refractivity contribution in [1.29, 1.82) is 0 Å². The van der Waals surface area contributed by atoms with Crippen LogP contribution in [0.25, 0.3) is 0 Å². The standard InChI is InChI=1S/C15H21NO4/c1-3-12(15(18)19)16-14(17)9-6-10-20-13-8-5-4-7-11(13)2/h4-5,7-8,12H,3,6,9-10H2,1-2H3,(H,16,17)(H,18,19). The maximum absolute atomic E-state index is 11.6. The van der Waals surface area contributed by atoms with E-state index in [1.165, 1.54) is 0 Å². The van der Waals surface area contributed by atoms with Gasteiger partial charge < -0.3 is 15.2 Å². The van der Waals surface area contributed by atoms with Crippen molar-refractivity contribution in [2.45, 2.75) is 39.2 Å². The molecule has 0 heterocycles. The smallest absolute Gasteiger partial charge is 0.326 e. The number of benzene rings is 1. The molecule has 5 heteroatoms. The van der Waals surface area contributed by atoms with Gasteiger partial charge >= 0.3 is 5.97 Å². The summed E-state index contributed by atoms with van der Waals surface area (Å²) in [5, 5.41) is 11.3. The van der Waals surface area contributed by atoms with Crippen LogP contribution in [-0.2, 0) is 9.59 Å². The second-order valence-electron chi connectivity index (χ2n) is 4.58. The molecule has 0 bridgehead atoms. The highest BCUT2D eigenvalue weighted by atomic mass is 16.5. The van der Waals surface area contributed by atoms with Crippen LogP contribution in [-0.4, -0.2) is 29.6 Å². The van der Waals surface area contributed by atoms with E-state index in [0.29, 0.717) is 19.4 Å². The van der Waals surface area contributed by atoms with E-state index < -0.39 is 12.0 Å². The van der Waals surface area contributed by atoms with E-state index in [0.717, 1.165) is 11.3 Å². The Morgan fingerprint density at radius 2 is 2.05 bits per heavy atom. The molecule has 1 atom stereocenters. The zero-order valence-electron chi connectivity index (χ0n) is 11.9. The van der Waals surface area contributed by atoms with Gasteiger partial charge in [-0.05, 0) is 31.4 Å². The van der Waals surface area contributed by atoms with Crippen LogP contribution < -0.4 is 10.1 Å². The number of ether oxygens (including phenoxy) is 1. The fraction of sp³-hybridized carbons (Fsp3) is 0.467. The molecule has 1 amide bonds. The maximum Gasteiger partial charge on any atom is 0.326 e. The van der Waals surface area contributed by atoms with Gasteiger partial charge in [0.05, 0.1) is 6.61 Å². The Labute approximate surface area is 118 Å². The predicted molar refractivity (Wildman–Crippen MR) is 75.8 cm³/mol. The van der Waals surface area contributed by atoms with Crippen molar-refractivity contribution in [3.63, 3.8) is 0 Å². The molecule has 1 rings (SSSR count). The first-order valence-corrected chi connectivity index (χ1v) is 6.75. The number of aliphatic carboxylic acids is 1. The molecule has 0 saturated carbocycles. The van der Waals surface area contributed by atoms with Crippen molar-refractivity contribution < 1.29 is 19.4 Å². The zero-order valence-corrected chi connectivity index (χ0v) is 11.9. The SMILES string of the molecule is CCC(NC(=O)CCCOc1ccccc1C)C(=O)O. The molecule has 0 aromatic heterocycles. The topological polar surface area (TPSA) is 75.6 Å². The number of rotatable bonds is 8. The highest BCUT2D eigenvalue weighted by Gasteiger charge is 2.16. The molecule has 1 aromatic rings. The van der Waals surface area contributed by atoms with Gasteiger partial charge in [-0.3, -0.25) is 4.79 Å². The Morgan fingerprint density at radius 3 is 2.65 bits per heavy atom. The van der Waals surface area contributed by atoms with Crippen LogP contribution in [0, 0.1) is 6.92 Å². The van der Waals surface area contributed by atoms with Crippen molar-refractivity contribution in [2.24, 2.45) is 0 Å². The second-order valence-corrected chi connectivity index (χ2v) is 4.58. The lowest BCUT2D eigenvalue weighted by atomic mass is 10.2. The molecule has 0 aliphatic heterocycles. The number of para-hydroxylation sites is 1. The molecule has 0 aliphatic rings. The van der Waals surface area contributed by atoms with E-state index in [-0.39, 0.29) is 12.3 Å². The van der Waals surface area contributed by atoms with Crippen LogP contribution in [0.5, 0.6) is 5.75 Å². The number of carbonyl (C=O) groups excluding carboxylic acids is 1. The van der Waals surface area contributed by atoms with Crippen molar-refractivity contribution in [1.82, 2.24) is 5.32 Å². The molecule has 2 N–H and O–H groups in total. The van der Waals surface area contributed by atoms with E-state index in [2.05, 4.69) is 5.32 Å². The zero-order chi connectivity index (χ0) is 15.0. The van der Waals surface area contributed by atoms with Gasteiger partial charge in [-0.25, -0.2) is 4.79 Å². The lowest BCUT2D eigenvalue weighted by Crippen LogP contribution is -2.40. The minimum atomic E-state index is -1.00. The molecule has 20 heavy (non-hydrogen) atoms. The number of carboxylic acids is 1. The Balaban J connectivity index is 2.26. The highest BCUT2D eigenvalue weighted by molar-refractivity contribution is 5.83. The largest absolute Gasteiger partial charge is 0.493 e. The molecular weight excluding hydrogens is 258 g/mol. The molecular formula is C15H21NO4. The molecule has 0 radical (unpaired) electrons. The fourth-order valence-corrected chi connectivity index (χ4v) is 1.74. The van der Waals surface area contributed by atoms with Gasteiger partial charge in [0.1, 0.15) is 11.8 Å². The Kier molecular flexibility index (Phi) is 6.56. The van der Waals surface area contributed by atoms with Gasteiger partial charge in [-0.15, -0.1) is 0 Å². The summed E-state index contributed by atoms with van der Waals surface area (Å²) in [4.78, 5) is 22.3. The van der Waals surface area contributed by atoms with Crippen LogP contribution in [0.4, 0.5) is 0 Å². The quantitative estimate of drug-likeness (QED) is 0.715. The summed E-state index contributed by atoms with van der Waals surface area (Å²) in [6.45, 7) is 4.11. The van der Waals surface area contributed by atoms with Gasteiger partial charge in [-0.1, -0.05) is 25.1 Å². The lowest BCUT2D eigenvalue weighted by molar-refractivity contribution is -0.141. The molecule has 1 aromatic carbocycles. The summed E-state index contributed by atoms with van der Waals surface area (Å²) < 4.78 is 5.57. The van der Waals surface area contributed by atoms with E-state index in [9.17, 15) is 9.59 Å². The van der Waals surface area contributed by atoms with Crippen LogP contribution in [0.1, 0.15) is 31.7 Å². The lowest BCUT2D eigenvalue weighted by Gasteiger charge is -2.12. The van der Waals surface area contributed by atoms with E-state index in [1.54, 1.807) is 6.92 Å². The summed E-state index contributed by atoms with van der Waals surface area (Å²) in [5.74, 6) is -0.450. The summed E-state index contributed by atoms with van der Waals surface area (Å²) in [6.07, 6.45) is 1.19. The summed E-state index contributed by atoms with van der Waals surface area (Å²) in [5.41, 5.74) is 1.05. The first-order valence-electron chi connectivity index (χ1n) is 6.75. The monoisotopic (exact) mass is 279 g/mol. The average molecular weight is 279 g/mol. The van der Waals surface area contributed by atoms with E-state index in [4.69, 9.17) is 9.84 Å². The van der Waals surface area contributed by atoms with Crippen LogP contribution in [0.15, 0.2) is 24.3 Å². The van der Waals surface area contributed by atoms with Crippen molar-refractivity contribution in [2.75, 3.05) is 6.61 Å². The maximum atomic E-state index is 11.6. The van der Waals surface area contributed by atoms with E-state index >= 15 is 0 Å². The highest BCUT2D eigenvalue weighted by Crippen LogP contribution is 2.16. The van der Waals surface area contributed by atoms with Gasteiger partial charge in [-0.2, -0.15) is 0 Å². The first kappa shape index (κ1) is 16.0. The summed E-state index contributed by atoms with van der Waals surface area (Å²) in [7, 11) is 0. The molecule has 0 aliphatic carbocycles. The Bertz CT molecular complexity index is 459. The summed E-state index contributed by atoms with van der Waals surface area (Å²) >= 11 is 0. The number of hydrogen-bond acceptors (Lipinski definition) is 3. The first-order chi connectivity index (χ1) is 9.54. The normalized spacial score (nSPS) is 11.7. The molecule has 0 fully saturated rings.